The topological polar surface area (TPSA) is 26.3 Å². The number of hydrogen-bond donors (Lipinski definition) is 0. The maximum Gasteiger partial charge on any atom is 0.165 e. The van der Waals surface area contributed by atoms with Crippen LogP contribution in [-0.4, -0.2) is 5.78 Å². The van der Waals surface area contributed by atoms with Crippen LogP contribution < -0.4 is 4.74 Å². The Hall–Kier alpha value is -1.87. The van der Waals surface area contributed by atoms with Crippen molar-refractivity contribution < 1.29 is 9.53 Å². The summed E-state index contributed by atoms with van der Waals surface area (Å²) in [6.07, 6.45) is 4.23. The maximum atomic E-state index is 12.1. The monoisotopic (exact) mass is 282 g/mol. The Morgan fingerprint density at radius 3 is 2.90 bits per heavy atom. The van der Waals surface area contributed by atoms with Crippen LogP contribution in [-0.2, 0) is 11.2 Å². The normalized spacial score (nSPS) is 19.8. The van der Waals surface area contributed by atoms with Crippen LogP contribution in [0.15, 0.2) is 47.1 Å². The van der Waals surface area contributed by atoms with Crippen molar-refractivity contribution in [3.63, 3.8) is 0 Å². The number of allylic oxidation sites excluding steroid dienone is 3. The molecule has 1 aromatic heterocycles. The number of benzene rings is 1. The zero-order valence-corrected chi connectivity index (χ0v) is 12.2. The molecule has 100 valence electrons. The van der Waals surface area contributed by atoms with Gasteiger partial charge in [-0.1, -0.05) is 0 Å². The van der Waals surface area contributed by atoms with Gasteiger partial charge in [-0.2, -0.15) is 0 Å². The van der Waals surface area contributed by atoms with Gasteiger partial charge in [0.1, 0.15) is 11.5 Å². The summed E-state index contributed by atoms with van der Waals surface area (Å²) in [6, 6.07) is 6.28. The highest BCUT2D eigenvalue weighted by Gasteiger charge is 2.38. The smallest absolute Gasteiger partial charge is 0.165 e. The number of hydrogen-bond acceptors (Lipinski definition) is 3. The quantitative estimate of drug-likeness (QED) is 0.722. The summed E-state index contributed by atoms with van der Waals surface area (Å²) in [4.78, 5) is 12.1. The zero-order valence-electron chi connectivity index (χ0n) is 11.4. The number of ether oxygens (including phenoxy) is 1. The Kier molecular flexibility index (Phi) is 2.28. The summed E-state index contributed by atoms with van der Waals surface area (Å²) in [5, 5.41) is 3.35. The highest BCUT2D eigenvalue weighted by atomic mass is 32.1. The standard InChI is InChI=1S/C17H14O2S/c1-17(2)12-9-11-10-7-8-20-15(10)5-3-13(11)19-14(12)4-6-16(17)18/h3-8H,9H2,1-2H3. The minimum atomic E-state index is -0.472. The van der Waals surface area contributed by atoms with Gasteiger partial charge >= 0.3 is 0 Å². The zero-order chi connectivity index (χ0) is 13.9. The predicted molar refractivity (Wildman–Crippen MR) is 81.1 cm³/mol. The molecule has 0 atom stereocenters. The second-order valence-electron chi connectivity index (χ2n) is 5.82. The van der Waals surface area contributed by atoms with E-state index in [2.05, 4.69) is 17.5 Å². The van der Waals surface area contributed by atoms with E-state index in [4.69, 9.17) is 4.74 Å². The molecule has 2 aliphatic rings. The van der Waals surface area contributed by atoms with Crippen LogP contribution in [0.3, 0.4) is 0 Å². The molecule has 0 fully saturated rings. The molecule has 0 unspecified atom stereocenters. The number of carbonyl (C=O) groups is 1. The Morgan fingerprint density at radius 1 is 1.20 bits per heavy atom. The summed E-state index contributed by atoms with van der Waals surface area (Å²) < 4.78 is 7.31. The first-order chi connectivity index (χ1) is 9.57. The molecule has 2 aromatic rings. The fraction of sp³-hybridized carbons (Fsp3) is 0.235. The minimum absolute atomic E-state index is 0.154. The fourth-order valence-corrected chi connectivity index (χ4v) is 3.79. The fourth-order valence-electron chi connectivity index (χ4n) is 2.98. The Labute approximate surface area is 121 Å². The Bertz CT molecular complexity index is 806. The van der Waals surface area contributed by atoms with Gasteiger partial charge in [0.05, 0.1) is 5.41 Å². The van der Waals surface area contributed by atoms with Crippen LogP contribution in [0.2, 0.25) is 0 Å². The van der Waals surface area contributed by atoms with E-state index in [1.54, 1.807) is 17.4 Å². The number of thiophene rings is 1. The second kappa shape index (κ2) is 3.83. The van der Waals surface area contributed by atoms with Crippen LogP contribution in [0.1, 0.15) is 19.4 Å². The highest BCUT2D eigenvalue weighted by molar-refractivity contribution is 7.17. The van der Waals surface area contributed by atoms with E-state index in [9.17, 15) is 4.79 Å². The summed E-state index contributed by atoms with van der Waals surface area (Å²) in [7, 11) is 0. The first-order valence-electron chi connectivity index (χ1n) is 6.70. The minimum Gasteiger partial charge on any atom is -0.457 e. The largest absolute Gasteiger partial charge is 0.457 e. The van der Waals surface area contributed by atoms with Crippen molar-refractivity contribution in [2.24, 2.45) is 5.41 Å². The van der Waals surface area contributed by atoms with E-state index in [0.717, 1.165) is 23.5 Å². The molecule has 1 aliphatic carbocycles. The molecular weight excluding hydrogens is 268 g/mol. The van der Waals surface area contributed by atoms with Crippen LogP contribution in [0.5, 0.6) is 5.75 Å². The summed E-state index contributed by atoms with van der Waals surface area (Å²) >= 11 is 1.74. The lowest BCUT2D eigenvalue weighted by molar-refractivity contribution is -0.121. The van der Waals surface area contributed by atoms with E-state index >= 15 is 0 Å². The van der Waals surface area contributed by atoms with E-state index in [-0.39, 0.29) is 5.78 Å². The van der Waals surface area contributed by atoms with Crippen molar-refractivity contribution in [1.29, 1.82) is 0 Å². The number of carbonyl (C=O) groups excluding carboxylic acids is 1. The van der Waals surface area contributed by atoms with Gasteiger partial charge in [0.15, 0.2) is 5.78 Å². The van der Waals surface area contributed by atoms with Gasteiger partial charge in [0.2, 0.25) is 0 Å². The Balaban J connectivity index is 1.92. The van der Waals surface area contributed by atoms with Gasteiger partial charge in [0, 0.05) is 16.7 Å². The van der Waals surface area contributed by atoms with E-state index < -0.39 is 5.41 Å². The van der Waals surface area contributed by atoms with Gasteiger partial charge in [-0.15, -0.1) is 11.3 Å². The molecule has 0 N–H and O–H groups in total. The van der Waals surface area contributed by atoms with Crippen LogP contribution in [0.25, 0.3) is 10.1 Å². The van der Waals surface area contributed by atoms with Crippen LogP contribution in [0.4, 0.5) is 0 Å². The van der Waals surface area contributed by atoms with Crippen molar-refractivity contribution in [1.82, 2.24) is 0 Å². The van der Waals surface area contributed by atoms with Crippen molar-refractivity contribution in [2.45, 2.75) is 20.3 Å². The lowest BCUT2D eigenvalue weighted by Crippen LogP contribution is -2.32. The number of rotatable bonds is 0. The summed E-state index contributed by atoms with van der Waals surface area (Å²) in [5.41, 5.74) is 1.83. The van der Waals surface area contributed by atoms with Crippen molar-refractivity contribution in [3.05, 3.63) is 52.6 Å². The molecule has 0 amide bonds. The van der Waals surface area contributed by atoms with E-state index in [0.29, 0.717) is 0 Å². The first-order valence-corrected chi connectivity index (χ1v) is 7.58. The summed E-state index contributed by atoms with van der Waals surface area (Å²) in [5.74, 6) is 1.92. The molecule has 0 saturated carbocycles. The van der Waals surface area contributed by atoms with Gasteiger partial charge in [0.25, 0.3) is 0 Å². The lowest BCUT2D eigenvalue weighted by atomic mass is 9.73. The molecule has 3 heteroatoms. The number of fused-ring (bicyclic) bond motifs is 3. The molecule has 4 rings (SSSR count). The molecule has 2 nitrogen and oxygen atoms in total. The maximum absolute atomic E-state index is 12.1. The number of ketones is 1. The second-order valence-corrected chi connectivity index (χ2v) is 6.77. The summed E-state index contributed by atoms with van der Waals surface area (Å²) in [6.45, 7) is 3.96. The van der Waals surface area contributed by atoms with Crippen molar-refractivity contribution >= 4 is 27.2 Å². The molecule has 0 bridgehead atoms. The average molecular weight is 282 g/mol. The van der Waals surface area contributed by atoms with Crippen molar-refractivity contribution in [3.8, 4) is 5.75 Å². The van der Waals surface area contributed by atoms with Crippen molar-refractivity contribution in [2.75, 3.05) is 0 Å². The Morgan fingerprint density at radius 2 is 2.05 bits per heavy atom. The molecule has 1 aromatic carbocycles. The highest BCUT2D eigenvalue weighted by Crippen LogP contribution is 2.44. The molecule has 20 heavy (non-hydrogen) atoms. The molecule has 0 spiro atoms. The van der Waals surface area contributed by atoms with E-state index in [1.165, 1.54) is 15.6 Å². The third-order valence-corrected chi connectivity index (χ3v) is 5.21. The lowest BCUT2D eigenvalue weighted by Gasteiger charge is -2.34. The van der Waals surface area contributed by atoms with Gasteiger partial charge < -0.3 is 4.74 Å². The van der Waals surface area contributed by atoms with Gasteiger partial charge in [-0.25, -0.2) is 0 Å². The third-order valence-electron chi connectivity index (χ3n) is 4.33. The molecule has 1 aliphatic heterocycles. The SMILES string of the molecule is CC1(C)C(=O)C=CC2=C1Cc1c(ccc3sccc13)O2. The van der Waals surface area contributed by atoms with Crippen LogP contribution in [0, 0.1) is 5.41 Å². The van der Waals surface area contributed by atoms with Crippen LogP contribution >= 0.6 is 11.3 Å². The van der Waals surface area contributed by atoms with Gasteiger partial charge in [-0.3, -0.25) is 4.79 Å². The third kappa shape index (κ3) is 1.47. The molecular formula is C17H14O2S. The predicted octanol–water partition coefficient (Wildman–Crippen LogP) is 4.26. The molecule has 2 heterocycles. The van der Waals surface area contributed by atoms with Gasteiger partial charge in [-0.05, 0) is 60.5 Å². The molecule has 0 radical (unpaired) electrons. The van der Waals surface area contributed by atoms with E-state index in [1.807, 2.05) is 26.0 Å². The first kappa shape index (κ1) is 11.9. The average Bonchev–Trinajstić information content (AvgIpc) is 2.90. The molecule has 0 saturated heterocycles.